The second-order valence-electron chi connectivity index (χ2n) is 6.54. The van der Waals surface area contributed by atoms with Crippen LogP contribution in [0.15, 0.2) is 30.3 Å². The number of rotatable bonds is 3. The molecule has 1 aromatic carbocycles. The van der Waals surface area contributed by atoms with E-state index in [1.165, 1.54) is 0 Å². The first kappa shape index (κ1) is 16.3. The molecule has 4 unspecified atom stereocenters. The molecule has 5 nitrogen and oxygen atoms in total. The molecular weight excluding hydrogens is 292 g/mol. The molecule has 126 valence electrons. The first-order chi connectivity index (χ1) is 11.1. The van der Waals surface area contributed by atoms with E-state index in [0.29, 0.717) is 13.1 Å². The van der Waals surface area contributed by atoms with Crippen molar-refractivity contribution in [3.63, 3.8) is 0 Å². The van der Waals surface area contributed by atoms with Crippen LogP contribution >= 0.6 is 0 Å². The van der Waals surface area contributed by atoms with E-state index in [9.17, 15) is 4.79 Å². The Morgan fingerprint density at radius 3 is 2.78 bits per heavy atom. The summed E-state index contributed by atoms with van der Waals surface area (Å²) >= 11 is 0. The third-order valence-corrected chi connectivity index (χ3v) is 4.59. The fourth-order valence-electron chi connectivity index (χ4n) is 3.34. The van der Waals surface area contributed by atoms with Crippen LogP contribution in [0.4, 0.5) is 4.79 Å². The predicted molar refractivity (Wildman–Crippen MR) is 88.3 cm³/mol. The molecular formula is C18H26N2O3. The molecule has 0 bridgehead atoms. The number of hydrogen-bond donors (Lipinski definition) is 1. The van der Waals surface area contributed by atoms with Gasteiger partial charge in [0, 0.05) is 13.2 Å². The van der Waals surface area contributed by atoms with E-state index in [1.807, 2.05) is 49.1 Å². The second-order valence-corrected chi connectivity index (χ2v) is 6.54. The van der Waals surface area contributed by atoms with Gasteiger partial charge >= 0.3 is 6.03 Å². The standard InChI is InChI=1S/C18H26N2O3/c1-13-11-20(12-17(23-13)15-7-4-3-5-8-15)18(21)19-14(2)16-9-6-10-22-16/h3-5,7-8,13-14,16-17H,6,9-12H2,1-2H3,(H,19,21). The molecule has 1 N–H and O–H groups in total. The lowest BCUT2D eigenvalue weighted by Gasteiger charge is -2.37. The summed E-state index contributed by atoms with van der Waals surface area (Å²) in [5.74, 6) is 0. The van der Waals surface area contributed by atoms with Gasteiger partial charge in [-0.25, -0.2) is 4.79 Å². The molecule has 2 fully saturated rings. The van der Waals surface area contributed by atoms with Crippen LogP contribution in [0, 0.1) is 0 Å². The van der Waals surface area contributed by atoms with Gasteiger partial charge in [0.1, 0.15) is 6.10 Å². The zero-order valence-electron chi connectivity index (χ0n) is 13.9. The molecule has 0 spiro atoms. The molecule has 4 atom stereocenters. The Kier molecular flexibility index (Phi) is 5.18. The maximum absolute atomic E-state index is 12.6. The van der Waals surface area contributed by atoms with Crippen LogP contribution in [0.3, 0.4) is 0 Å². The molecule has 1 aromatic rings. The number of urea groups is 1. The SMILES string of the molecule is CC1CN(C(=O)NC(C)C2CCCO2)CC(c2ccccc2)O1. The number of carbonyl (C=O) groups excluding carboxylic acids is 1. The van der Waals surface area contributed by atoms with Crippen molar-refractivity contribution in [1.29, 1.82) is 0 Å². The monoisotopic (exact) mass is 318 g/mol. The lowest BCUT2D eigenvalue weighted by molar-refractivity contribution is -0.0662. The van der Waals surface area contributed by atoms with Gasteiger partial charge in [-0.15, -0.1) is 0 Å². The Labute approximate surface area is 137 Å². The van der Waals surface area contributed by atoms with Gasteiger partial charge in [-0.2, -0.15) is 0 Å². The second kappa shape index (κ2) is 7.32. The largest absolute Gasteiger partial charge is 0.376 e. The van der Waals surface area contributed by atoms with Gasteiger partial charge in [0.05, 0.1) is 24.8 Å². The van der Waals surface area contributed by atoms with Crippen molar-refractivity contribution in [3.8, 4) is 0 Å². The molecule has 3 rings (SSSR count). The topological polar surface area (TPSA) is 50.8 Å². The molecule has 0 saturated carbocycles. The van der Waals surface area contributed by atoms with Crippen LogP contribution in [0.25, 0.3) is 0 Å². The minimum Gasteiger partial charge on any atom is -0.376 e. The number of nitrogens with zero attached hydrogens (tertiary/aromatic N) is 1. The summed E-state index contributed by atoms with van der Waals surface area (Å²) in [7, 11) is 0. The van der Waals surface area contributed by atoms with Crippen molar-refractivity contribution >= 4 is 6.03 Å². The van der Waals surface area contributed by atoms with E-state index >= 15 is 0 Å². The maximum atomic E-state index is 12.6. The fraction of sp³-hybridized carbons (Fsp3) is 0.611. The van der Waals surface area contributed by atoms with Crippen molar-refractivity contribution in [2.45, 2.75) is 51.0 Å². The van der Waals surface area contributed by atoms with Crippen LogP contribution in [0.5, 0.6) is 0 Å². The summed E-state index contributed by atoms with van der Waals surface area (Å²) in [6, 6.07) is 10.1. The predicted octanol–water partition coefficient (Wildman–Crippen LogP) is 2.73. The molecule has 2 aliphatic rings. The first-order valence-corrected chi connectivity index (χ1v) is 8.51. The van der Waals surface area contributed by atoms with E-state index in [1.54, 1.807) is 0 Å². The van der Waals surface area contributed by atoms with Gasteiger partial charge in [-0.3, -0.25) is 0 Å². The van der Waals surface area contributed by atoms with Gasteiger partial charge in [0.25, 0.3) is 0 Å². The lowest BCUT2D eigenvalue weighted by atomic mass is 10.1. The first-order valence-electron chi connectivity index (χ1n) is 8.51. The third-order valence-electron chi connectivity index (χ3n) is 4.59. The Morgan fingerprint density at radius 1 is 1.30 bits per heavy atom. The number of hydrogen-bond acceptors (Lipinski definition) is 3. The van der Waals surface area contributed by atoms with Crippen molar-refractivity contribution in [3.05, 3.63) is 35.9 Å². The van der Waals surface area contributed by atoms with E-state index in [4.69, 9.17) is 9.47 Å². The maximum Gasteiger partial charge on any atom is 0.317 e. The Bertz CT molecular complexity index is 516. The third kappa shape index (κ3) is 4.03. The smallest absolute Gasteiger partial charge is 0.317 e. The average Bonchev–Trinajstić information content (AvgIpc) is 3.09. The average molecular weight is 318 g/mol. The molecule has 0 aromatic heterocycles. The van der Waals surface area contributed by atoms with E-state index < -0.39 is 0 Å². The zero-order chi connectivity index (χ0) is 16.2. The number of ether oxygens (including phenoxy) is 2. The van der Waals surface area contributed by atoms with Gasteiger partial charge in [0.2, 0.25) is 0 Å². The highest BCUT2D eigenvalue weighted by molar-refractivity contribution is 5.74. The number of morpholine rings is 1. The highest BCUT2D eigenvalue weighted by Gasteiger charge is 2.31. The van der Waals surface area contributed by atoms with E-state index in [2.05, 4.69) is 5.32 Å². The van der Waals surface area contributed by atoms with Crippen LogP contribution in [0.2, 0.25) is 0 Å². The number of carbonyl (C=O) groups is 1. The van der Waals surface area contributed by atoms with Crippen molar-refractivity contribution in [2.24, 2.45) is 0 Å². The summed E-state index contributed by atoms with van der Waals surface area (Å²) in [6.07, 6.45) is 2.20. The highest BCUT2D eigenvalue weighted by Crippen LogP contribution is 2.25. The molecule has 2 aliphatic heterocycles. The van der Waals surface area contributed by atoms with Crippen molar-refractivity contribution in [2.75, 3.05) is 19.7 Å². The number of amides is 2. The van der Waals surface area contributed by atoms with Gasteiger partial charge in [-0.1, -0.05) is 30.3 Å². The Hall–Kier alpha value is -1.59. The molecule has 2 amide bonds. The molecule has 5 heteroatoms. The molecule has 2 heterocycles. The number of benzene rings is 1. The summed E-state index contributed by atoms with van der Waals surface area (Å²) in [4.78, 5) is 14.4. The summed E-state index contributed by atoms with van der Waals surface area (Å²) in [5, 5.41) is 3.09. The van der Waals surface area contributed by atoms with Gasteiger partial charge < -0.3 is 19.7 Å². The van der Waals surface area contributed by atoms with Crippen molar-refractivity contribution in [1.82, 2.24) is 10.2 Å². The minimum atomic E-state index is -0.0660. The van der Waals surface area contributed by atoms with Crippen LogP contribution < -0.4 is 5.32 Å². The molecule has 0 radical (unpaired) electrons. The van der Waals surface area contributed by atoms with Crippen LogP contribution in [-0.4, -0.2) is 48.9 Å². The minimum absolute atomic E-state index is 0.0240. The summed E-state index contributed by atoms with van der Waals surface area (Å²) < 4.78 is 11.7. The highest BCUT2D eigenvalue weighted by atomic mass is 16.5. The van der Waals surface area contributed by atoms with Crippen molar-refractivity contribution < 1.29 is 14.3 Å². The normalized spacial score (nSPS) is 29.3. The molecule has 2 saturated heterocycles. The summed E-state index contributed by atoms with van der Waals surface area (Å²) in [6.45, 7) is 6.03. The van der Waals surface area contributed by atoms with E-state index in [0.717, 1.165) is 25.0 Å². The molecule has 0 aliphatic carbocycles. The van der Waals surface area contributed by atoms with Gasteiger partial charge in [-0.05, 0) is 32.3 Å². The Balaban J connectivity index is 1.61. The molecule has 23 heavy (non-hydrogen) atoms. The fourth-order valence-corrected chi connectivity index (χ4v) is 3.34. The van der Waals surface area contributed by atoms with Crippen LogP contribution in [0.1, 0.15) is 38.4 Å². The summed E-state index contributed by atoms with van der Waals surface area (Å²) in [5.41, 5.74) is 1.11. The van der Waals surface area contributed by atoms with E-state index in [-0.39, 0.29) is 30.4 Å². The Morgan fingerprint density at radius 2 is 2.09 bits per heavy atom. The van der Waals surface area contributed by atoms with Crippen LogP contribution in [-0.2, 0) is 9.47 Å². The number of nitrogens with one attached hydrogen (secondary N) is 1. The van der Waals surface area contributed by atoms with Gasteiger partial charge in [0.15, 0.2) is 0 Å². The quantitative estimate of drug-likeness (QED) is 0.932. The lowest BCUT2D eigenvalue weighted by Crippen LogP contribution is -2.53. The zero-order valence-corrected chi connectivity index (χ0v) is 13.9.